The number of carbonyl (C=O) groups excluding carboxylic acids is 1. The molecular formula is C13H12N2O2S. The van der Waals surface area contributed by atoms with E-state index in [1.54, 1.807) is 16.2 Å². The Morgan fingerprint density at radius 2 is 2.28 bits per heavy atom. The Balaban J connectivity index is 1.87. The molecule has 0 fully saturated rings. The lowest BCUT2D eigenvalue weighted by Gasteiger charge is -2.26. The van der Waals surface area contributed by atoms with Crippen LogP contribution in [0.3, 0.4) is 0 Å². The van der Waals surface area contributed by atoms with Crippen LogP contribution in [-0.2, 0) is 13.0 Å². The minimum atomic E-state index is -0.227. The maximum atomic E-state index is 12.3. The van der Waals surface area contributed by atoms with Crippen molar-refractivity contribution < 1.29 is 4.79 Å². The average Bonchev–Trinajstić information content (AvgIpc) is 2.85. The van der Waals surface area contributed by atoms with Crippen LogP contribution in [0.5, 0.6) is 0 Å². The van der Waals surface area contributed by atoms with E-state index < -0.39 is 0 Å². The summed E-state index contributed by atoms with van der Waals surface area (Å²) < 4.78 is 0. The zero-order chi connectivity index (χ0) is 12.5. The van der Waals surface area contributed by atoms with Gasteiger partial charge in [-0.15, -0.1) is 11.3 Å². The number of H-pyrrole nitrogens is 1. The lowest BCUT2D eigenvalue weighted by atomic mass is 10.1. The normalized spacial score (nSPS) is 14.3. The van der Waals surface area contributed by atoms with E-state index in [2.05, 4.69) is 11.1 Å². The SMILES string of the molecule is O=C(c1c[nH]ccc1=O)N1CCc2sccc2C1. The van der Waals surface area contributed by atoms with Gasteiger partial charge in [0.25, 0.3) is 5.91 Å². The molecule has 5 heteroatoms. The van der Waals surface area contributed by atoms with Gasteiger partial charge in [-0.1, -0.05) is 0 Å². The number of hydrogen-bond donors (Lipinski definition) is 1. The van der Waals surface area contributed by atoms with Crippen molar-refractivity contribution in [3.63, 3.8) is 0 Å². The summed E-state index contributed by atoms with van der Waals surface area (Å²) in [5.74, 6) is -0.186. The van der Waals surface area contributed by atoms with Gasteiger partial charge in [0.05, 0.1) is 0 Å². The summed E-state index contributed by atoms with van der Waals surface area (Å²) >= 11 is 1.73. The Labute approximate surface area is 108 Å². The summed E-state index contributed by atoms with van der Waals surface area (Å²) in [6.45, 7) is 1.28. The van der Waals surface area contributed by atoms with Gasteiger partial charge in [0.1, 0.15) is 5.56 Å². The third-order valence-electron chi connectivity index (χ3n) is 3.15. The molecule has 0 saturated heterocycles. The number of aromatic nitrogens is 1. The maximum absolute atomic E-state index is 12.3. The molecule has 1 aliphatic rings. The average molecular weight is 260 g/mol. The summed E-state index contributed by atoms with van der Waals surface area (Å²) in [6.07, 6.45) is 3.89. The van der Waals surface area contributed by atoms with Gasteiger partial charge < -0.3 is 9.88 Å². The fourth-order valence-corrected chi connectivity index (χ4v) is 3.07. The monoisotopic (exact) mass is 260 g/mol. The molecule has 0 saturated carbocycles. The van der Waals surface area contributed by atoms with E-state index in [-0.39, 0.29) is 16.9 Å². The molecule has 92 valence electrons. The molecule has 1 amide bonds. The van der Waals surface area contributed by atoms with Gasteiger partial charge in [-0.2, -0.15) is 0 Å². The first-order valence-electron chi connectivity index (χ1n) is 5.77. The van der Waals surface area contributed by atoms with Gasteiger partial charge in [0, 0.05) is 36.4 Å². The van der Waals surface area contributed by atoms with Gasteiger partial charge in [-0.05, 0) is 23.4 Å². The summed E-state index contributed by atoms with van der Waals surface area (Å²) in [4.78, 5) is 29.8. The van der Waals surface area contributed by atoms with Crippen LogP contribution in [0.4, 0.5) is 0 Å². The van der Waals surface area contributed by atoms with E-state index in [9.17, 15) is 9.59 Å². The predicted octanol–water partition coefficient (Wildman–Crippen LogP) is 1.63. The quantitative estimate of drug-likeness (QED) is 0.847. The molecule has 3 heterocycles. The highest BCUT2D eigenvalue weighted by atomic mass is 32.1. The smallest absolute Gasteiger partial charge is 0.259 e. The lowest BCUT2D eigenvalue weighted by molar-refractivity contribution is 0.0734. The van der Waals surface area contributed by atoms with Crippen LogP contribution in [0.2, 0.25) is 0 Å². The highest BCUT2D eigenvalue weighted by Crippen LogP contribution is 2.24. The summed E-state index contributed by atoms with van der Waals surface area (Å²) in [6, 6.07) is 3.43. The molecule has 0 radical (unpaired) electrons. The number of amides is 1. The molecule has 0 atom stereocenters. The minimum Gasteiger partial charge on any atom is -0.367 e. The molecule has 0 aliphatic carbocycles. The number of nitrogens with zero attached hydrogens (tertiary/aromatic N) is 1. The van der Waals surface area contributed by atoms with E-state index in [0.717, 1.165) is 6.42 Å². The van der Waals surface area contributed by atoms with Crippen molar-refractivity contribution >= 4 is 17.2 Å². The Morgan fingerprint density at radius 3 is 3.11 bits per heavy atom. The molecule has 0 aromatic carbocycles. The second-order valence-corrected chi connectivity index (χ2v) is 5.27. The molecule has 18 heavy (non-hydrogen) atoms. The minimum absolute atomic E-state index is 0.186. The van der Waals surface area contributed by atoms with E-state index in [0.29, 0.717) is 13.1 Å². The van der Waals surface area contributed by atoms with Gasteiger partial charge in [0.2, 0.25) is 0 Å². The van der Waals surface area contributed by atoms with Crippen molar-refractivity contribution in [1.82, 2.24) is 9.88 Å². The number of nitrogens with one attached hydrogen (secondary N) is 1. The topological polar surface area (TPSA) is 53.2 Å². The van der Waals surface area contributed by atoms with Gasteiger partial charge >= 0.3 is 0 Å². The fraction of sp³-hybridized carbons (Fsp3) is 0.231. The Hall–Kier alpha value is -1.88. The van der Waals surface area contributed by atoms with E-state index >= 15 is 0 Å². The molecule has 4 nitrogen and oxygen atoms in total. The molecular weight excluding hydrogens is 248 g/mol. The van der Waals surface area contributed by atoms with Crippen LogP contribution in [-0.4, -0.2) is 22.3 Å². The third kappa shape index (κ3) is 1.86. The third-order valence-corrected chi connectivity index (χ3v) is 4.17. The van der Waals surface area contributed by atoms with Crippen molar-refractivity contribution in [3.8, 4) is 0 Å². The molecule has 0 unspecified atom stereocenters. The predicted molar refractivity (Wildman–Crippen MR) is 69.8 cm³/mol. The molecule has 2 aromatic heterocycles. The number of thiophene rings is 1. The second-order valence-electron chi connectivity index (χ2n) is 4.27. The zero-order valence-corrected chi connectivity index (χ0v) is 10.5. The number of rotatable bonds is 1. The standard InChI is InChI=1S/C13H12N2O2S/c16-11-1-4-14-7-10(11)13(17)15-5-2-12-9(8-15)3-6-18-12/h1,3-4,6-7H,2,5,8H2,(H,14,16). The number of hydrogen-bond acceptors (Lipinski definition) is 3. The van der Waals surface area contributed by atoms with Crippen LogP contribution in [0, 0.1) is 0 Å². The zero-order valence-electron chi connectivity index (χ0n) is 9.68. The van der Waals surface area contributed by atoms with Crippen LogP contribution >= 0.6 is 11.3 Å². The highest BCUT2D eigenvalue weighted by molar-refractivity contribution is 7.10. The van der Waals surface area contributed by atoms with E-state index in [4.69, 9.17) is 0 Å². The van der Waals surface area contributed by atoms with Crippen molar-refractivity contribution in [2.75, 3.05) is 6.54 Å². The molecule has 2 aromatic rings. The summed E-state index contributed by atoms with van der Waals surface area (Å²) in [5, 5.41) is 2.05. The van der Waals surface area contributed by atoms with Crippen molar-refractivity contribution in [1.29, 1.82) is 0 Å². The molecule has 0 spiro atoms. The first kappa shape index (κ1) is 11.2. The number of fused-ring (bicyclic) bond motifs is 1. The Kier molecular flexibility index (Phi) is 2.76. The van der Waals surface area contributed by atoms with Crippen molar-refractivity contribution in [2.24, 2.45) is 0 Å². The lowest BCUT2D eigenvalue weighted by Crippen LogP contribution is -2.37. The second kappa shape index (κ2) is 4.42. The summed E-state index contributed by atoms with van der Waals surface area (Å²) in [5.41, 5.74) is 1.19. The Bertz CT molecular complexity index is 644. The maximum Gasteiger partial charge on any atom is 0.259 e. The largest absolute Gasteiger partial charge is 0.367 e. The van der Waals surface area contributed by atoms with Crippen LogP contribution in [0.1, 0.15) is 20.8 Å². The van der Waals surface area contributed by atoms with Crippen molar-refractivity contribution in [3.05, 3.63) is 56.1 Å². The first-order chi connectivity index (χ1) is 8.75. The Morgan fingerprint density at radius 1 is 1.39 bits per heavy atom. The van der Waals surface area contributed by atoms with Crippen LogP contribution in [0.15, 0.2) is 34.7 Å². The number of carbonyl (C=O) groups is 1. The molecule has 3 rings (SSSR count). The van der Waals surface area contributed by atoms with Gasteiger partial charge in [-0.3, -0.25) is 9.59 Å². The summed E-state index contributed by atoms with van der Waals surface area (Å²) in [7, 11) is 0. The van der Waals surface area contributed by atoms with E-state index in [1.807, 2.05) is 5.38 Å². The molecule has 0 bridgehead atoms. The van der Waals surface area contributed by atoms with E-state index in [1.165, 1.54) is 28.9 Å². The van der Waals surface area contributed by atoms with Gasteiger partial charge in [0.15, 0.2) is 5.43 Å². The molecule has 1 aliphatic heterocycles. The number of aromatic amines is 1. The number of pyridine rings is 1. The van der Waals surface area contributed by atoms with Gasteiger partial charge in [-0.25, -0.2) is 0 Å². The first-order valence-corrected chi connectivity index (χ1v) is 6.65. The van der Waals surface area contributed by atoms with Crippen LogP contribution in [0.25, 0.3) is 0 Å². The van der Waals surface area contributed by atoms with Crippen LogP contribution < -0.4 is 5.43 Å². The van der Waals surface area contributed by atoms with Crippen molar-refractivity contribution in [2.45, 2.75) is 13.0 Å². The highest BCUT2D eigenvalue weighted by Gasteiger charge is 2.23. The fourth-order valence-electron chi connectivity index (χ4n) is 2.18. The molecule has 1 N–H and O–H groups in total.